The van der Waals surface area contributed by atoms with Gasteiger partial charge in [0.25, 0.3) is 0 Å². The van der Waals surface area contributed by atoms with Gasteiger partial charge in [-0.25, -0.2) is 14.4 Å². The van der Waals surface area contributed by atoms with E-state index in [2.05, 4.69) is 104 Å². The fourth-order valence-corrected chi connectivity index (χ4v) is 5.80. The van der Waals surface area contributed by atoms with Crippen LogP contribution >= 0.6 is 0 Å². The number of para-hydroxylation sites is 4. The molecule has 0 atom stereocenters. The highest BCUT2D eigenvalue weighted by atomic mass is 15.3. The van der Waals surface area contributed by atoms with Crippen molar-refractivity contribution in [3.8, 4) is 11.1 Å². The second kappa shape index (κ2) is 5.96. The Bertz CT molecular complexity index is 2160. The SMILES string of the molecule is c1ccc2cc(-c3cc4c5c(c3)n3c6ccccc6nc3n5c3nc5ccccc5n43)ccc2c1. The quantitative estimate of drug-likeness (QED) is 0.273. The normalized spacial score (nSPS) is 12.6. The number of hydrogen-bond donors (Lipinski definition) is 0. The van der Waals surface area contributed by atoms with E-state index in [9.17, 15) is 0 Å². The third-order valence-corrected chi connectivity index (χ3v) is 7.34. The van der Waals surface area contributed by atoms with Crippen molar-refractivity contribution < 1.29 is 0 Å². The van der Waals surface area contributed by atoms with Gasteiger partial charge in [0.05, 0.1) is 33.1 Å². The summed E-state index contributed by atoms with van der Waals surface area (Å²) in [4.78, 5) is 10.1. The number of hydrogen-bond acceptors (Lipinski definition) is 2. The fourth-order valence-electron chi connectivity index (χ4n) is 5.80. The highest BCUT2D eigenvalue weighted by Gasteiger charge is 2.24. The van der Waals surface area contributed by atoms with Crippen molar-refractivity contribution in [1.82, 2.24) is 23.2 Å². The molecule has 35 heavy (non-hydrogen) atoms. The molecule has 0 aliphatic carbocycles. The largest absolute Gasteiger partial charge is 0.276 e. The lowest BCUT2D eigenvalue weighted by Gasteiger charge is -2.06. The van der Waals surface area contributed by atoms with Gasteiger partial charge in [0, 0.05) is 0 Å². The maximum atomic E-state index is 5.04. The molecule has 0 saturated heterocycles. The maximum absolute atomic E-state index is 5.04. The van der Waals surface area contributed by atoms with Crippen molar-refractivity contribution in [2.24, 2.45) is 0 Å². The van der Waals surface area contributed by atoms with Crippen LogP contribution in [0.3, 0.4) is 0 Å². The standard InChI is InChI=1S/C30H17N5/c1-2-8-19-15-20(14-13-18(19)7-1)21-16-26-28-27(17-21)34-25-12-6-4-10-23(25)32-30(34)35(28)29-31-22-9-3-5-11-24(22)33(26)29/h1-17H. The fraction of sp³-hybridized carbons (Fsp3) is 0. The first kappa shape index (κ1) is 17.6. The van der Waals surface area contributed by atoms with Gasteiger partial charge in [-0.1, -0.05) is 60.7 Å². The molecule has 0 amide bonds. The Hall–Kier alpha value is -4.90. The van der Waals surface area contributed by atoms with Crippen LogP contribution in [0.25, 0.3) is 72.1 Å². The van der Waals surface area contributed by atoms with Crippen LogP contribution in [0.15, 0.2) is 103 Å². The predicted molar refractivity (Wildman–Crippen MR) is 142 cm³/mol. The first-order chi connectivity index (χ1) is 17.3. The Labute approximate surface area is 198 Å². The molecule has 5 nitrogen and oxygen atoms in total. The lowest BCUT2D eigenvalue weighted by molar-refractivity contribution is 1.15. The topological polar surface area (TPSA) is 39.0 Å². The van der Waals surface area contributed by atoms with Crippen molar-refractivity contribution in [2.45, 2.75) is 0 Å². The molecule has 0 N–H and O–H groups in total. The van der Waals surface area contributed by atoms with Gasteiger partial charge >= 0.3 is 0 Å². The summed E-state index contributed by atoms with van der Waals surface area (Å²) in [6.45, 7) is 0. The van der Waals surface area contributed by atoms with E-state index in [1.807, 2.05) is 12.1 Å². The lowest BCUT2D eigenvalue weighted by atomic mass is 10.0. The first-order valence-corrected chi connectivity index (χ1v) is 11.8. The zero-order valence-electron chi connectivity index (χ0n) is 18.6. The summed E-state index contributed by atoms with van der Waals surface area (Å²) in [6, 6.07) is 36.5. The van der Waals surface area contributed by atoms with E-state index in [1.165, 1.54) is 21.9 Å². The minimum absolute atomic E-state index is 0.896. The van der Waals surface area contributed by atoms with Crippen LogP contribution in [0.5, 0.6) is 0 Å². The van der Waals surface area contributed by atoms with E-state index in [1.54, 1.807) is 0 Å². The number of fused-ring (bicyclic) bond motifs is 11. The Morgan fingerprint density at radius 1 is 0.429 bits per heavy atom. The molecule has 0 bridgehead atoms. The van der Waals surface area contributed by atoms with Gasteiger partial charge in [-0.05, 0) is 64.4 Å². The van der Waals surface area contributed by atoms with E-state index in [0.717, 1.165) is 50.2 Å². The monoisotopic (exact) mass is 447 g/mol. The molecule has 162 valence electrons. The average molecular weight is 448 g/mol. The summed E-state index contributed by atoms with van der Waals surface area (Å²) < 4.78 is 6.78. The summed E-state index contributed by atoms with van der Waals surface area (Å²) in [5, 5.41) is 2.49. The van der Waals surface area contributed by atoms with Gasteiger partial charge in [0.1, 0.15) is 5.52 Å². The average Bonchev–Trinajstić information content (AvgIpc) is 3.62. The van der Waals surface area contributed by atoms with Gasteiger partial charge in [-0.2, -0.15) is 0 Å². The molecule has 5 heteroatoms. The molecule has 4 heterocycles. The van der Waals surface area contributed by atoms with E-state index in [-0.39, 0.29) is 0 Å². The van der Waals surface area contributed by atoms with Gasteiger partial charge in [-0.15, -0.1) is 0 Å². The summed E-state index contributed by atoms with van der Waals surface area (Å²) in [5.74, 6) is 1.79. The molecular weight excluding hydrogens is 430 g/mol. The van der Waals surface area contributed by atoms with Gasteiger partial charge in [-0.3, -0.25) is 8.80 Å². The third-order valence-electron chi connectivity index (χ3n) is 7.34. The number of benzene rings is 5. The van der Waals surface area contributed by atoms with Crippen molar-refractivity contribution in [1.29, 1.82) is 0 Å². The van der Waals surface area contributed by atoms with Crippen molar-refractivity contribution in [3.63, 3.8) is 0 Å². The predicted octanol–water partition coefficient (Wildman–Crippen LogP) is 6.95. The minimum atomic E-state index is 0.896. The summed E-state index contributed by atoms with van der Waals surface area (Å²) in [7, 11) is 0. The lowest BCUT2D eigenvalue weighted by Crippen LogP contribution is -1.88. The van der Waals surface area contributed by atoms with Crippen LogP contribution in [-0.4, -0.2) is 23.2 Å². The van der Waals surface area contributed by atoms with E-state index in [0.29, 0.717) is 0 Å². The maximum Gasteiger partial charge on any atom is 0.223 e. The molecule has 0 spiro atoms. The second-order valence-electron chi connectivity index (χ2n) is 9.23. The van der Waals surface area contributed by atoms with Crippen molar-refractivity contribution in [3.05, 3.63) is 103 Å². The number of imidazole rings is 4. The van der Waals surface area contributed by atoms with E-state index < -0.39 is 0 Å². The smallest absolute Gasteiger partial charge is 0.223 e. The van der Waals surface area contributed by atoms with Gasteiger partial charge < -0.3 is 0 Å². The number of aromatic nitrogens is 5. The first-order valence-electron chi connectivity index (χ1n) is 11.8. The zero-order valence-corrected chi connectivity index (χ0v) is 18.6. The number of rotatable bonds is 1. The van der Waals surface area contributed by atoms with Crippen LogP contribution in [0, 0.1) is 0 Å². The molecule has 0 unspecified atom stereocenters. The van der Waals surface area contributed by atoms with E-state index in [4.69, 9.17) is 9.97 Å². The number of nitrogens with zero attached hydrogens (tertiary/aromatic N) is 5. The molecular formula is C30H17N5. The van der Waals surface area contributed by atoms with Crippen LogP contribution in [0.4, 0.5) is 0 Å². The Kier molecular flexibility index (Phi) is 2.99. The van der Waals surface area contributed by atoms with Crippen LogP contribution < -0.4 is 0 Å². The molecule has 0 saturated carbocycles. The Morgan fingerprint density at radius 2 is 1.00 bits per heavy atom. The Balaban J connectivity index is 1.53. The molecule has 0 aliphatic rings. The molecule has 9 rings (SSSR count). The summed E-state index contributed by atoms with van der Waals surface area (Å²) >= 11 is 0. The molecule has 5 aromatic carbocycles. The van der Waals surface area contributed by atoms with Crippen LogP contribution in [0.2, 0.25) is 0 Å². The minimum Gasteiger partial charge on any atom is -0.276 e. The van der Waals surface area contributed by atoms with Gasteiger partial charge in [0.2, 0.25) is 11.6 Å². The van der Waals surface area contributed by atoms with Crippen LogP contribution in [0.1, 0.15) is 0 Å². The summed E-state index contributed by atoms with van der Waals surface area (Å²) in [5.41, 5.74) is 10.0. The zero-order chi connectivity index (χ0) is 22.7. The van der Waals surface area contributed by atoms with E-state index >= 15 is 0 Å². The van der Waals surface area contributed by atoms with Crippen molar-refractivity contribution >= 4 is 60.9 Å². The highest BCUT2D eigenvalue weighted by molar-refractivity contribution is 6.06. The molecule has 9 aromatic rings. The third kappa shape index (κ3) is 2.09. The molecule has 0 fully saturated rings. The molecule has 0 aliphatic heterocycles. The highest BCUT2D eigenvalue weighted by Crippen LogP contribution is 2.37. The summed E-state index contributed by atoms with van der Waals surface area (Å²) in [6.07, 6.45) is 0. The van der Waals surface area contributed by atoms with Gasteiger partial charge in [0.15, 0.2) is 0 Å². The Morgan fingerprint density at radius 3 is 1.66 bits per heavy atom. The molecule has 4 aromatic heterocycles. The second-order valence-corrected chi connectivity index (χ2v) is 9.23. The van der Waals surface area contributed by atoms with Crippen LogP contribution in [-0.2, 0) is 0 Å². The molecule has 0 radical (unpaired) electrons. The van der Waals surface area contributed by atoms with Crippen molar-refractivity contribution in [2.75, 3.05) is 0 Å².